The number of urea groups is 1. The van der Waals surface area contributed by atoms with Gasteiger partial charge in [-0.1, -0.05) is 19.1 Å². The van der Waals surface area contributed by atoms with Crippen LogP contribution in [0.25, 0.3) is 0 Å². The molecule has 1 aromatic rings. The zero-order chi connectivity index (χ0) is 18.2. The van der Waals surface area contributed by atoms with Gasteiger partial charge in [-0.3, -0.25) is 0 Å². The molecule has 1 heterocycles. The number of esters is 1. The third kappa shape index (κ3) is 4.96. The molecule has 136 valence electrons. The van der Waals surface area contributed by atoms with Crippen molar-refractivity contribution < 1.29 is 23.8 Å². The first kappa shape index (κ1) is 18.8. The van der Waals surface area contributed by atoms with Crippen LogP contribution in [0.4, 0.5) is 4.79 Å². The number of methoxy groups -OCH3 is 1. The number of benzene rings is 1. The van der Waals surface area contributed by atoms with Crippen molar-refractivity contribution in [2.24, 2.45) is 0 Å². The minimum absolute atomic E-state index is 0.149. The topological polar surface area (TPSA) is 85.9 Å². The van der Waals surface area contributed by atoms with Crippen LogP contribution in [0.5, 0.6) is 5.75 Å². The molecule has 7 nitrogen and oxygen atoms in total. The molecule has 0 aromatic heterocycles. The fourth-order valence-electron chi connectivity index (χ4n) is 2.49. The quantitative estimate of drug-likeness (QED) is 0.556. The van der Waals surface area contributed by atoms with Crippen LogP contribution in [0.15, 0.2) is 35.5 Å². The number of nitrogens with one attached hydrogen (secondary N) is 2. The number of carbonyl (C=O) groups excluding carboxylic acids is 2. The minimum atomic E-state index is -0.580. The molecule has 0 spiro atoms. The molecule has 0 radical (unpaired) electrons. The highest BCUT2D eigenvalue weighted by atomic mass is 16.6. The molecular weight excluding hydrogens is 324 g/mol. The highest BCUT2D eigenvalue weighted by molar-refractivity contribution is 5.95. The zero-order valence-electron chi connectivity index (χ0n) is 14.8. The molecule has 0 bridgehead atoms. The Morgan fingerprint density at radius 3 is 2.52 bits per heavy atom. The number of allylic oxidation sites excluding steroid dienone is 1. The standard InChI is InChI=1S/C18H24N2O5/c1-4-9-24-14-7-5-13(6-8-14)16-15(12(2)19-18(22)20-16)17(21)25-11-10-23-3/h5-8,16H,4,9-11H2,1-3H3,(H2,19,20,22)/t16-/m0/s1. The summed E-state index contributed by atoms with van der Waals surface area (Å²) in [5, 5.41) is 5.38. The van der Waals surface area contributed by atoms with Gasteiger partial charge in [0, 0.05) is 12.8 Å². The van der Waals surface area contributed by atoms with E-state index in [1.165, 1.54) is 7.11 Å². The van der Waals surface area contributed by atoms with E-state index < -0.39 is 12.0 Å². The molecule has 1 aliphatic heterocycles. The number of carbonyl (C=O) groups is 2. The molecule has 2 N–H and O–H groups in total. The summed E-state index contributed by atoms with van der Waals surface area (Å²) in [5.74, 6) is 0.258. The lowest BCUT2D eigenvalue weighted by molar-refractivity contribution is -0.140. The Bertz CT molecular complexity index is 639. The normalized spacial score (nSPS) is 16.9. The van der Waals surface area contributed by atoms with Crippen LogP contribution in [-0.2, 0) is 14.3 Å². The SMILES string of the molecule is CCCOc1ccc([C@@H]2NC(=O)NC(C)=C2C(=O)OCCOC)cc1. The van der Waals surface area contributed by atoms with Crippen LogP contribution in [0.2, 0.25) is 0 Å². The van der Waals surface area contributed by atoms with Gasteiger partial charge in [-0.25, -0.2) is 9.59 Å². The van der Waals surface area contributed by atoms with E-state index in [2.05, 4.69) is 10.6 Å². The lowest BCUT2D eigenvalue weighted by Gasteiger charge is -2.28. The summed E-state index contributed by atoms with van der Waals surface area (Å²) in [6.07, 6.45) is 0.922. The summed E-state index contributed by atoms with van der Waals surface area (Å²) in [6, 6.07) is 6.37. The average molecular weight is 348 g/mol. The average Bonchev–Trinajstić information content (AvgIpc) is 2.59. The maximum absolute atomic E-state index is 12.4. The Kier molecular flexibility index (Phi) is 6.82. The van der Waals surface area contributed by atoms with Crippen molar-refractivity contribution in [1.82, 2.24) is 10.6 Å². The van der Waals surface area contributed by atoms with Crippen molar-refractivity contribution in [3.8, 4) is 5.75 Å². The van der Waals surface area contributed by atoms with Gasteiger partial charge >= 0.3 is 12.0 Å². The van der Waals surface area contributed by atoms with Crippen LogP contribution in [0.1, 0.15) is 31.9 Å². The van der Waals surface area contributed by atoms with E-state index in [-0.39, 0.29) is 12.6 Å². The van der Waals surface area contributed by atoms with Crippen molar-refractivity contribution in [3.05, 3.63) is 41.1 Å². The van der Waals surface area contributed by atoms with Crippen molar-refractivity contribution in [2.45, 2.75) is 26.3 Å². The van der Waals surface area contributed by atoms with E-state index in [0.29, 0.717) is 24.5 Å². The number of ether oxygens (including phenoxy) is 3. The lowest BCUT2D eigenvalue weighted by atomic mass is 9.95. The predicted octanol–water partition coefficient (Wildman–Crippen LogP) is 2.29. The lowest BCUT2D eigenvalue weighted by Crippen LogP contribution is -2.45. The Labute approximate surface area is 147 Å². The van der Waals surface area contributed by atoms with E-state index >= 15 is 0 Å². The summed E-state index contributed by atoms with van der Waals surface area (Å²) in [7, 11) is 1.53. The van der Waals surface area contributed by atoms with Crippen LogP contribution >= 0.6 is 0 Å². The molecular formula is C18H24N2O5. The van der Waals surface area contributed by atoms with E-state index in [4.69, 9.17) is 14.2 Å². The van der Waals surface area contributed by atoms with Gasteiger partial charge in [0.1, 0.15) is 12.4 Å². The first-order valence-electron chi connectivity index (χ1n) is 8.24. The molecule has 0 saturated carbocycles. The molecule has 7 heteroatoms. The summed E-state index contributed by atoms with van der Waals surface area (Å²) >= 11 is 0. The Morgan fingerprint density at radius 2 is 1.88 bits per heavy atom. The highest BCUT2D eigenvalue weighted by Crippen LogP contribution is 2.28. The smallest absolute Gasteiger partial charge is 0.338 e. The Hall–Kier alpha value is -2.54. The number of hydrogen-bond donors (Lipinski definition) is 2. The van der Waals surface area contributed by atoms with Gasteiger partial charge in [0.05, 0.1) is 24.8 Å². The third-order valence-electron chi connectivity index (χ3n) is 3.70. The molecule has 0 saturated heterocycles. The molecule has 0 unspecified atom stereocenters. The molecule has 1 aliphatic rings. The molecule has 25 heavy (non-hydrogen) atoms. The van der Waals surface area contributed by atoms with Crippen LogP contribution in [-0.4, -0.2) is 38.9 Å². The zero-order valence-corrected chi connectivity index (χ0v) is 14.8. The van der Waals surface area contributed by atoms with E-state index in [1.807, 2.05) is 31.2 Å². The number of hydrogen-bond acceptors (Lipinski definition) is 5. The second-order valence-electron chi connectivity index (χ2n) is 5.62. The van der Waals surface area contributed by atoms with Crippen LogP contribution in [0.3, 0.4) is 0 Å². The summed E-state index contributed by atoms with van der Waals surface area (Å²) in [5.41, 5.74) is 1.62. The van der Waals surface area contributed by atoms with Crippen molar-refractivity contribution in [2.75, 3.05) is 26.9 Å². The van der Waals surface area contributed by atoms with E-state index in [1.54, 1.807) is 6.92 Å². The molecule has 2 rings (SSSR count). The second-order valence-corrected chi connectivity index (χ2v) is 5.62. The fraction of sp³-hybridized carbons (Fsp3) is 0.444. The van der Waals surface area contributed by atoms with Crippen molar-refractivity contribution in [3.63, 3.8) is 0 Å². The third-order valence-corrected chi connectivity index (χ3v) is 3.70. The second kappa shape index (κ2) is 9.08. The maximum atomic E-state index is 12.4. The maximum Gasteiger partial charge on any atom is 0.338 e. The van der Waals surface area contributed by atoms with Crippen LogP contribution < -0.4 is 15.4 Å². The Balaban J connectivity index is 2.21. The van der Waals surface area contributed by atoms with Gasteiger partial charge in [-0.2, -0.15) is 0 Å². The molecule has 1 atom stereocenters. The monoisotopic (exact) mass is 348 g/mol. The fourth-order valence-corrected chi connectivity index (χ4v) is 2.49. The van der Waals surface area contributed by atoms with Gasteiger partial charge in [0.15, 0.2) is 0 Å². The molecule has 0 fully saturated rings. The van der Waals surface area contributed by atoms with Gasteiger partial charge in [-0.05, 0) is 31.0 Å². The summed E-state index contributed by atoms with van der Waals surface area (Å²) in [4.78, 5) is 24.3. The molecule has 0 aliphatic carbocycles. The summed E-state index contributed by atoms with van der Waals surface area (Å²) in [6.45, 7) is 4.81. The minimum Gasteiger partial charge on any atom is -0.494 e. The van der Waals surface area contributed by atoms with Gasteiger partial charge in [-0.15, -0.1) is 0 Å². The largest absolute Gasteiger partial charge is 0.494 e. The van der Waals surface area contributed by atoms with E-state index in [9.17, 15) is 9.59 Å². The first-order valence-corrected chi connectivity index (χ1v) is 8.24. The van der Waals surface area contributed by atoms with Gasteiger partial charge in [0.2, 0.25) is 0 Å². The summed E-state index contributed by atoms with van der Waals surface area (Å²) < 4.78 is 15.7. The van der Waals surface area contributed by atoms with Gasteiger partial charge < -0.3 is 24.8 Å². The molecule has 1 aromatic carbocycles. The van der Waals surface area contributed by atoms with Crippen molar-refractivity contribution >= 4 is 12.0 Å². The van der Waals surface area contributed by atoms with E-state index in [0.717, 1.165) is 17.7 Å². The molecule has 2 amide bonds. The first-order chi connectivity index (χ1) is 12.1. The Morgan fingerprint density at radius 1 is 1.16 bits per heavy atom. The van der Waals surface area contributed by atoms with Crippen LogP contribution in [0, 0.1) is 0 Å². The highest BCUT2D eigenvalue weighted by Gasteiger charge is 2.32. The number of amides is 2. The van der Waals surface area contributed by atoms with Crippen molar-refractivity contribution in [1.29, 1.82) is 0 Å². The van der Waals surface area contributed by atoms with Gasteiger partial charge in [0.25, 0.3) is 0 Å². The number of rotatable bonds is 8. The predicted molar refractivity (Wildman–Crippen MR) is 92.2 cm³/mol.